The maximum Gasteiger partial charge on any atom is 0.0958 e. The van der Waals surface area contributed by atoms with Gasteiger partial charge in [-0.05, 0) is 57.9 Å². The molecule has 1 unspecified atom stereocenters. The fourth-order valence-corrected chi connectivity index (χ4v) is 4.61. The summed E-state index contributed by atoms with van der Waals surface area (Å²) in [5.74, 6) is 0. The summed E-state index contributed by atoms with van der Waals surface area (Å²) >= 11 is 0. The number of benzene rings is 4. The second-order valence-electron chi connectivity index (χ2n) is 10.3. The van der Waals surface area contributed by atoms with Gasteiger partial charge in [0.25, 0.3) is 0 Å². The van der Waals surface area contributed by atoms with Crippen molar-refractivity contribution in [3.05, 3.63) is 132 Å². The Balaban J connectivity index is 1.45. The molecule has 0 radical (unpaired) electrons. The molecule has 1 heterocycles. The molecule has 4 aromatic rings. The van der Waals surface area contributed by atoms with Crippen LogP contribution in [-0.4, -0.2) is 0 Å². The number of nitrogens with one attached hydrogen (secondary N) is 1. The molecule has 0 bridgehead atoms. The molecule has 1 atom stereocenters. The molecule has 5 rings (SSSR count). The summed E-state index contributed by atoms with van der Waals surface area (Å²) in [6, 6.07) is 39.1. The molecule has 0 fully saturated rings. The zero-order valence-electron chi connectivity index (χ0n) is 20.2. The number of hydrazine groups is 1. The Bertz CT molecular complexity index is 1250. The third-order valence-corrected chi connectivity index (χ3v) is 6.24. The van der Waals surface area contributed by atoms with Crippen LogP contribution >= 0.6 is 0 Å². The second-order valence-corrected chi connectivity index (χ2v) is 10.3. The van der Waals surface area contributed by atoms with Gasteiger partial charge in [0, 0.05) is 0 Å². The molecule has 1 aliphatic rings. The van der Waals surface area contributed by atoms with Gasteiger partial charge in [0.15, 0.2) is 0 Å². The van der Waals surface area contributed by atoms with Crippen molar-refractivity contribution in [1.82, 2.24) is 5.43 Å². The van der Waals surface area contributed by atoms with Crippen LogP contribution in [0.1, 0.15) is 43.5 Å². The van der Waals surface area contributed by atoms with Crippen molar-refractivity contribution in [2.24, 2.45) is 5.41 Å². The first-order valence-electron chi connectivity index (χ1n) is 12.0. The van der Waals surface area contributed by atoms with Gasteiger partial charge in [-0.15, -0.1) is 0 Å². The van der Waals surface area contributed by atoms with E-state index in [4.69, 9.17) is 0 Å². The van der Waals surface area contributed by atoms with Crippen molar-refractivity contribution in [3.8, 4) is 11.1 Å². The van der Waals surface area contributed by atoms with E-state index >= 15 is 0 Å². The minimum atomic E-state index is 0.120. The van der Waals surface area contributed by atoms with E-state index in [2.05, 4.69) is 146 Å². The molecule has 0 saturated heterocycles. The van der Waals surface area contributed by atoms with Crippen LogP contribution in [0.4, 0.5) is 5.69 Å². The fraction of sp³-hybridized carbons (Fsp3) is 0.188. The van der Waals surface area contributed by atoms with E-state index < -0.39 is 0 Å². The van der Waals surface area contributed by atoms with Crippen LogP contribution in [-0.2, 0) is 6.42 Å². The van der Waals surface area contributed by atoms with Gasteiger partial charge in [0.1, 0.15) is 0 Å². The minimum Gasteiger partial charge on any atom is -0.297 e. The highest BCUT2D eigenvalue weighted by Gasteiger charge is 2.27. The van der Waals surface area contributed by atoms with Gasteiger partial charge < -0.3 is 0 Å². The van der Waals surface area contributed by atoms with Gasteiger partial charge in [0.05, 0.1) is 17.4 Å². The maximum atomic E-state index is 3.68. The average Bonchev–Trinajstić information content (AvgIpc) is 3.30. The van der Waals surface area contributed by atoms with Crippen LogP contribution < -0.4 is 10.4 Å². The van der Waals surface area contributed by atoms with Gasteiger partial charge in [-0.1, -0.05) is 118 Å². The van der Waals surface area contributed by atoms with Crippen LogP contribution in [0.25, 0.3) is 16.8 Å². The van der Waals surface area contributed by atoms with Crippen LogP contribution in [0.5, 0.6) is 0 Å². The molecular formula is C32H32N2. The normalized spacial score (nSPS) is 15.7. The van der Waals surface area contributed by atoms with Crippen molar-refractivity contribution in [2.45, 2.75) is 33.2 Å². The van der Waals surface area contributed by atoms with E-state index in [-0.39, 0.29) is 11.5 Å². The highest BCUT2D eigenvalue weighted by Crippen LogP contribution is 2.36. The van der Waals surface area contributed by atoms with Crippen LogP contribution in [0.15, 0.2) is 115 Å². The fourth-order valence-electron chi connectivity index (χ4n) is 4.61. The Kier molecular flexibility index (Phi) is 5.98. The Morgan fingerprint density at radius 1 is 0.647 bits per heavy atom. The van der Waals surface area contributed by atoms with E-state index in [1.807, 2.05) is 0 Å². The van der Waals surface area contributed by atoms with E-state index in [0.717, 1.165) is 17.8 Å². The molecule has 0 spiro atoms. The monoisotopic (exact) mass is 444 g/mol. The summed E-state index contributed by atoms with van der Waals surface area (Å²) in [4.78, 5) is 0. The van der Waals surface area contributed by atoms with E-state index in [1.54, 1.807) is 0 Å². The van der Waals surface area contributed by atoms with E-state index in [9.17, 15) is 0 Å². The first-order valence-corrected chi connectivity index (χ1v) is 12.0. The van der Waals surface area contributed by atoms with Gasteiger partial charge >= 0.3 is 0 Å². The molecular weight excluding hydrogens is 412 g/mol. The molecule has 2 nitrogen and oxygen atoms in total. The number of anilines is 1. The molecule has 170 valence electrons. The SMILES string of the molecule is CC(C)(C)Cc1ccc(C2C=C(c3ccc(-c4ccccc4)cc3)NN2c2ccccc2)cc1. The quantitative estimate of drug-likeness (QED) is 0.335. The second kappa shape index (κ2) is 9.23. The first kappa shape index (κ1) is 22.0. The maximum absolute atomic E-state index is 3.68. The van der Waals surface area contributed by atoms with Crippen molar-refractivity contribution in [3.63, 3.8) is 0 Å². The summed E-state index contributed by atoms with van der Waals surface area (Å²) in [5, 5.41) is 2.26. The smallest absolute Gasteiger partial charge is 0.0958 e. The molecule has 1 N–H and O–H groups in total. The Morgan fingerprint density at radius 2 is 1.21 bits per heavy atom. The molecule has 4 aromatic carbocycles. The zero-order chi connectivity index (χ0) is 23.5. The zero-order valence-corrected chi connectivity index (χ0v) is 20.2. The number of hydrogen-bond donors (Lipinski definition) is 1. The number of hydrogen-bond acceptors (Lipinski definition) is 2. The topological polar surface area (TPSA) is 15.3 Å². The Morgan fingerprint density at radius 3 is 1.82 bits per heavy atom. The summed E-state index contributed by atoms with van der Waals surface area (Å²) in [6.45, 7) is 6.87. The average molecular weight is 445 g/mol. The highest BCUT2D eigenvalue weighted by atomic mass is 15.5. The molecule has 0 amide bonds. The molecule has 0 saturated carbocycles. The van der Waals surface area contributed by atoms with Gasteiger partial charge in [-0.2, -0.15) is 0 Å². The van der Waals surface area contributed by atoms with Crippen LogP contribution in [0.2, 0.25) is 0 Å². The highest BCUT2D eigenvalue weighted by molar-refractivity contribution is 5.74. The first-order chi connectivity index (χ1) is 16.5. The lowest BCUT2D eigenvalue weighted by Crippen LogP contribution is -2.33. The number of rotatable bonds is 5. The lowest BCUT2D eigenvalue weighted by Gasteiger charge is -2.28. The predicted octanol–water partition coefficient (Wildman–Crippen LogP) is 8.05. The van der Waals surface area contributed by atoms with E-state index in [1.165, 1.54) is 27.8 Å². The van der Waals surface area contributed by atoms with Crippen LogP contribution in [0, 0.1) is 5.41 Å². The number of nitrogens with zero attached hydrogens (tertiary/aromatic N) is 1. The van der Waals surface area contributed by atoms with Crippen molar-refractivity contribution >= 4 is 11.4 Å². The third kappa shape index (κ3) is 4.92. The number of para-hydroxylation sites is 1. The van der Waals surface area contributed by atoms with Crippen LogP contribution in [0.3, 0.4) is 0 Å². The molecule has 1 aliphatic heterocycles. The molecule has 0 aromatic heterocycles. The van der Waals surface area contributed by atoms with Crippen molar-refractivity contribution in [2.75, 3.05) is 5.01 Å². The lowest BCUT2D eigenvalue weighted by molar-refractivity contribution is 0.411. The molecule has 34 heavy (non-hydrogen) atoms. The summed E-state index contributed by atoms with van der Waals surface area (Å²) in [5.41, 5.74) is 12.6. The summed E-state index contributed by atoms with van der Waals surface area (Å²) < 4.78 is 0. The summed E-state index contributed by atoms with van der Waals surface area (Å²) in [7, 11) is 0. The van der Waals surface area contributed by atoms with Gasteiger partial charge in [-0.25, -0.2) is 0 Å². The third-order valence-electron chi connectivity index (χ3n) is 6.24. The van der Waals surface area contributed by atoms with Gasteiger partial charge in [0.2, 0.25) is 0 Å². The standard InChI is InChI=1S/C32H32N2/c1-32(2,3)23-24-14-16-28(17-15-24)31-22-30(33-34(31)29-12-8-5-9-13-29)27-20-18-26(19-21-27)25-10-6-4-7-11-25/h4-22,31,33H,23H2,1-3H3. The minimum absolute atomic E-state index is 0.120. The predicted molar refractivity (Wildman–Crippen MR) is 144 cm³/mol. The van der Waals surface area contributed by atoms with Crippen molar-refractivity contribution < 1.29 is 0 Å². The Labute approximate surface area is 203 Å². The largest absolute Gasteiger partial charge is 0.297 e. The molecule has 0 aliphatic carbocycles. The Hall–Kier alpha value is -3.78. The van der Waals surface area contributed by atoms with Crippen molar-refractivity contribution in [1.29, 1.82) is 0 Å². The molecule has 2 heteroatoms. The van der Waals surface area contributed by atoms with E-state index in [0.29, 0.717) is 0 Å². The summed E-state index contributed by atoms with van der Waals surface area (Å²) in [6.07, 6.45) is 3.41. The lowest BCUT2D eigenvalue weighted by atomic mass is 9.87. The van der Waals surface area contributed by atoms with Gasteiger partial charge in [-0.3, -0.25) is 10.4 Å².